The number of nitriles is 1. The monoisotopic (exact) mass is 489 g/mol. The molecule has 9 nitrogen and oxygen atoms in total. The van der Waals surface area contributed by atoms with Gasteiger partial charge in [0, 0.05) is 30.7 Å². The van der Waals surface area contributed by atoms with Gasteiger partial charge in [0.05, 0.1) is 11.4 Å². The molecule has 0 saturated heterocycles. The first-order valence-electron chi connectivity index (χ1n) is 11.6. The lowest BCUT2D eigenvalue weighted by atomic mass is 9.98. The molecule has 0 fully saturated rings. The zero-order valence-electron chi connectivity index (χ0n) is 20.2. The first-order valence-corrected chi connectivity index (χ1v) is 11.6. The second-order valence-corrected chi connectivity index (χ2v) is 8.64. The Hall–Kier alpha value is -5.23. The molecule has 3 N–H and O–H groups in total. The second-order valence-electron chi connectivity index (χ2n) is 8.64. The highest BCUT2D eigenvalue weighted by molar-refractivity contribution is 5.96. The number of para-hydroxylation sites is 1. The summed E-state index contributed by atoms with van der Waals surface area (Å²) in [4.78, 5) is 34.2. The van der Waals surface area contributed by atoms with Crippen molar-refractivity contribution in [2.24, 2.45) is 7.05 Å². The van der Waals surface area contributed by atoms with Crippen LogP contribution in [0.4, 0.5) is 11.6 Å². The number of pyridine rings is 2. The van der Waals surface area contributed by atoms with Crippen molar-refractivity contribution in [3.8, 4) is 22.9 Å². The number of aryl methyl sites for hydroxylation is 1. The molecule has 0 aliphatic heterocycles. The molecule has 182 valence electrons. The van der Waals surface area contributed by atoms with Gasteiger partial charge < -0.3 is 15.6 Å². The number of nitrogens with one attached hydrogen (secondary N) is 1. The fraction of sp³-hybridized carbons (Fsp3) is 0.107. The van der Waals surface area contributed by atoms with Crippen LogP contribution in [0.15, 0.2) is 88.8 Å². The molecular formula is C28H23N7O2. The molecule has 0 aliphatic rings. The molecule has 9 heteroatoms. The van der Waals surface area contributed by atoms with Gasteiger partial charge >= 0.3 is 0 Å². The van der Waals surface area contributed by atoms with Crippen LogP contribution in [0.25, 0.3) is 27.6 Å². The molecule has 5 rings (SSSR count). The van der Waals surface area contributed by atoms with E-state index < -0.39 is 6.04 Å². The van der Waals surface area contributed by atoms with Crippen molar-refractivity contribution in [3.63, 3.8) is 0 Å². The van der Waals surface area contributed by atoms with Crippen LogP contribution >= 0.6 is 0 Å². The molecule has 0 bridgehead atoms. The summed E-state index contributed by atoms with van der Waals surface area (Å²) < 4.78 is 3.15. The van der Waals surface area contributed by atoms with Crippen molar-refractivity contribution < 1.29 is 0 Å². The van der Waals surface area contributed by atoms with Crippen LogP contribution in [0.5, 0.6) is 0 Å². The number of rotatable bonds is 5. The summed E-state index contributed by atoms with van der Waals surface area (Å²) in [5.41, 5.74) is 8.52. The quantitative estimate of drug-likeness (QED) is 0.384. The minimum Gasteiger partial charge on any atom is -0.382 e. The maximum absolute atomic E-state index is 14.2. The van der Waals surface area contributed by atoms with Gasteiger partial charge in [-0.15, -0.1) is 0 Å². The molecule has 0 radical (unpaired) electrons. The zero-order chi connectivity index (χ0) is 26.1. The largest absolute Gasteiger partial charge is 0.382 e. The highest BCUT2D eigenvalue weighted by Crippen LogP contribution is 2.30. The van der Waals surface area contributed by atoms with Gasteiger partial charge in [-0.25, -0.2) is 9.97 Å². The summed E-state index contributed by atoms with van der Waals surface area (Å²) in [6.45, 7) is 1.89. The summed E-state index contributed by atoms with van der Waals surface area (Å²) in [5.74, 6) is 0.363. The average Bonchev–Trinajstić information content (AvgIpc) is 2.90. The molecule has 37 heavy (non-hydrogen) atoms. The van der Waals surface area contributed by atoms with E-state index in [-0.39, 0.29) is 28.3 Å². The Morgan fingerprint density at radius 3 is 2.54 bits per heavy atom. The molecule has 3 heterocycles. The molecule has 5 aromatic rings. The SMILES string of the molecule is C[C@H](Nc1ncnc(N)c1C#N)c1cc2cccc(-c3ccc(=O)n(C)c3)c2c(=O)n1-c1ccccc1. The van der Waals surface area contributed by atoms with Gasteiger partial charge in [0.25, 0.3) is 5.56 Å². The normalized spacial score (nSPS) is 11.7. The standard InChI is InChI=1S/C28H23N7O2/c1-17(33-27-22(14-29)26(30)31-16-32-27)23-13-18-7-6-10-21(19-11-12-24(36)34(2)15-19)25(18)28(37)35(23)20-8-4-3-5-9-20/h3-13,15-17H,1-2H3,(H3,30,31,32,33)/t17-/m0/s1. The summed E-state index contributed by atoms with van der Waals surface area (Å²) in [6, 6.07) is 21.8. The third kappa shape index (κ3) is 4.21. The van der Waals surface area contributed by atoms with Gasteiger partial charge in [-0.1, -0.05) is 36.4 Å². The predicted molar refractivity (Wildman–Crippen MR) is 143 cm³/mol. The van der Waals surface area contributed by atoms with Crippen LogP contribution in [0.3, 0.4) is 0 Å². The van der Waals surface area contributed by atoms with E-state index in [1.165, 1.54) is 17.0 Å². The van der Waals surface area contributed by atoms with Crippen LogP contribution in [-0.4, -0.2) is 19.1 Å². The highest BCUT2D eigenvalue weighted by atomic mass is 16.1. The molecular weight excluding hydrogens is 466 g/mol. The van der Waals surface area contributed by atoms with E-state index in [0.717, 1.165) is 16.5 Å². The third-order valence-corrected chi connectivity index (χ3v) is 6.27. The van der Waals surface area contributed by atoms with Crippen LogP contribution in [0.2, 0.25) is 0 Å². The lowest BCUT2D eigenvalue weighted by Crippen LogP contribution is -2.26. The van der Waals surface area contributed by atoms with Gasteiger partial charge in [0.15, 0.2) is 0 Å². The number of fused-ring (bicyclic) bond motifs is 1. The van der Waals surface area contributed by atoms with E-state index in [4.69, 9.17) is 5.73 Å². The van der Waals surface area contributed by atoms with Crippen LogP contribution < -0.4 is 22.2 Å². The Morgan fingerprint density at radius 1 is 1.03 bits per heavy atom. The Labute approximate surface area is 212 Å². The Morgan fingerprint density at radius 2 is 1.81 bits per heavy atom. The van der Waals surface area contributed by atoms with Gasteiger partial charge in [0.1, 0.15) is 29.6 Å². The molecule has 3 aromatic heterocycles. The molecule has 2 aromatic carbocycles. The fourth-order valence-electron chi connectivity index (χ4n) is 4.44. The van der Waals surface area contributed by atoms with E-state index in [2.05, 4.69) is 15.3 Å². The number of nitrogens with zero attached hydrogens (tertiary/aromatic N) is 5. The fourth-order valence-corrected chi connectivity index (χ4v) is 4.44. The predicted octanol–water partition coefficient (Wildman–Crippen LogP) is 3.77. The molecule has 0 saturated carbocycles. The maximum Gasteiger partial charge on any atom is 0.263 e. The van der Waals surface area contributed by atoms with Crippen molar-refractivity contribution in [2.45, 2.75) is 13.0 Å². The number of aromatic nitrogens is 4. The van der Waals surface area contributed by atoms with Gasteiger partial charge in [-0.2, -0.15) is 5.26 Å². The molecule has 0 aliphatic carbocycles. The zero-order valence-corrected chi connectivity index (χ0v) is 20.2. The molecule has 0 spiro atoms. The summed E-state index contributed by atoms with van der Waals surface area (Å²) in [5, 5.41) is 14.1. The number of benzene rings is 2. The van der Waals surface area contributed by atoms with E-state index in [1.54, 1.807) is 23.9 Å². The first-order chi connectivity index (χ1) is 17.9. The van der Waals surface area contributed by atoms with Crippen molar-refractivity contribution in [1.29, 1.82) is 5.26 Å². The van der Waals surface area contributed by atoms with Crippen molar-refractivity contribution in [2.75, 3.05) is 11.1 Å². The molecule has 0 unspecified atom stereocenters. The van der Waals surface area contributed by atoms with E-state index in [1.807, 2.05) is 67.6 Å². The lowest BCUT2D eigenvalue weighted by Gasteiger charge is -2.22. The summed E-state index contributed by atoms with van der Waals surface area (Å²) in [6.07, 6.45) is 3.01. The number of nitrogen functional groups attached to an aromatic ring is 1. The summed E-state index contributed by atoms with van der Waals surface area (Å²) >= 11 is 0. The van der Waals surface area contributed by atoms with Crippen molar-refractivity contribution in [3.05, 3.63) is 111 Å². The number of hydrogen-bond donors (Lipinski definition) is 2. The third-order valence-electron chi connectivity index (χ3n) is 6.27. The lowest BCUT2D eigenvalue weighted by molar-refractivity contribution is 0.772. The molecule has 1 atom stereocenters. The molecule has 0 amide bonds. The minimum absolute atomic E-state index is 0.0769. The number of hydrogen-bond acceptors (Lipinski definition) is 7. The number of nitrogens with two attached hydrogens (primary N) is 1. The van der Waals surface area contributed by atoms with Gasteiger partial charge in [-0.05, 0) is 47.7 Å². The van der Waals surface area contributed by atoms with E-state index in [0.29, 0.717) is 16.8 Å². The second kappa shape index (κ2) is 9.43. The number of anilines is 2. The Bertz CT molecular complexity index is 1800. The Kier molecular flexibility index (Phi) is 5.99. The topological polar surface area (TPSA) is 132 Å². The first kappa shape index (κ1) is 23.5. The Balaban J connectivity index is 1.76. The van der Waals surface area contributed by atoms with Gasteiger partial charge in [0.2, 0.25) is 5.56 Å². The van der Waals surface area contributed by atoms with Crippen molar-refractivity contribution in [1.82, 2.24) is 19.1 Å². The maximum atomic E-state index is 14.2. The van der Waals surface area contributed by atoms with Crippen molar-refractivity contribution >= 4 is 22.4 Å². The van der Waals surface area contributed by atoms with E-state index >= 15 is 0 Å². The van der Waals surface area contributed by atoms with Crippen LogP contribution in [-0.2, 0) is 7.05 Å². The smallest absolute Gasteiger partial charge is 0.263 e. The highest BCUT2D eigenvalue weighted by Gasteiger charge is 2.20. The van der Waals surface area contributed by atoms with Crippen LogP contribution in [0, 0.1) is 11.3 Å². The van der Waals surface area contributed by atoms with E-state index in [9.17, 15) is 14.9 Å². The summed E-state index contributed by atoms with van der Waals surface area (Å²) in [7, 11) is 1.68. The van der Waals surface area contributed by atoms with Crippen LogP contribution in [0.1, 0.15) is 24.2 Å². The average molecular weight is 490 g/mol. The van der Waals surface area contributed by atoms with Gasteiger partial charge in [-0.3, -0.25) is 14.2 Å². The minimum atomic E-state index is -0.431.